The van der Waals surface area contributed by atoms with E-state index in [1.54, 1.807) is 11.8 Å². The largest absolute Gasteiger partial charge is 0.202 e. The Labute approximate surface area is 151 Å². The predicted octanol–water partition coefficient (Wildman–Crippen LogP) is 5.21. The fraction of sp³-hybridized carbons (Fsp3) is 0.235. The van der Waals surface area contributed by atoms with Crippen molar-refractivity contribution < 1.29 is 32.7 Å². The van der Waals surface area contributed by atoms with Crippen molar-refractivity contribution in [3.05, 3.63) is 59.7 Å². The minimum absolute atomic E-state index is 0. The Morgan fingerprint density at radius 3 is 2.25 bits per heavy atom. The maximum atomic E-state index is 6.50. The molecule has 2 aromatic carbocycles. The Morgan fingerprint density at radius 1 is 1.15 bits per heavy atom. The predicted molar refractivity (Wildman–Crippen MR) is 81.3 cm³/mol. The first-order valence-electron chi connectivity index (χ1n) is 6.18. The molecule has 0 aromatic heterocycles. The third-order valence-corrected chi connectivity index (χ3v) is 3.73. The van der Waals surface area contributed by atoms with Gasteiger partial charge in [-0.1, -0.05) is 44.9 Å². The van der Waals surface area contributed by atoms with Gasteiger partial charge in [-0.15, -0.1) is 16.7 Å². The zero-order valence-corrected chi connectivity index (χ0v) is 15.8. The van der Waals surface area contributed by atoms with Gasteiger partial charge in [-0.25, -0.2) is 5.26 Å². The van der Waals surface area contributed by atoms with Gasteiger partial charge in [-0.05, 0) is 12.1 Å². The van der Waals surface area contributed by atoms with E-state index in [9.17, 15) is 0 Å². The first-order chi connectivity index (χ1) is 9.16. The summed E-state index contributed by atoms with van der Waals surface area (Å²) in [5, 5.41) is 6.50. The van der Waals surface area contributed by atoms with Crippen LogP contribution in [0.2, 0.25) is 0 Å². The average molecular weight is 357 g/mol. The molecule has 0 unspecified atom stereocenters. The minimum atomic E-state index is 0. The normalized spacial score (nSPS) is 9.30. The van der Waals surface area contributed by atoms with Crippen LogP contribution in [-0.2, 0) is 32.7 Å². The van der Waals surface area contributed by atoms with Gasteiger partial charge < -0.3 is 0 Å². The van der Waals surface area contributed by atoms with Crippen molar-refractivity contribution in [3.8, 4) is 6.57 Å². The molecule has 0 saturated heterocycles. The third kappa shape index (κ3) is 5.79. The number of hydrogen-bond acceptors (Lipinski definition) is 2. The second kappa shape index (κ2) is 10.2. The minimum Gasteiger partial charge on any atom is -0.202 e. The van der Waals surface area contributed by atoms with Gasteiger partial charge in [0.25, 0.3) is 0 Å². The van der Waals surface area contributed by atoms with Crippen LogP contribution in [0.5, 0.6) is 0 Å². The van der Waals surface area contributed by atoms with Gasteiger partial charge in [0.05, 0.1) is 0 Å². The molecule has 0 bridgehead atoms. The Hall–Kier alpha value is -0.616. The summed E-state index contributed by atoms with van der Waals surface area (Å²) < 4.78 is 0. The molecule has 0 aliphatic carbocycles. The van der Waals surface area contributed by atoms with Crippen LogP contribution in [0.15, 0.2) is 52.3 Å². The number of nitriles is 1. The van der Waals surface area contributed by atoms with Crippen molar-refractivity contribution in [3.63, 3.8) is 0 Å². The molecule has 0 atom stereocenters. The van der Waals surface area contributed by atoms with E-state index in [1.165, 1.54) is 20.9 Å². The van der Waals surface area contributed by atoms with Crippen LogP contribution in [0.1, 0.15) is 30.9 Å². The molecule has 0 saturated carbocycles. The Bertz CT molecular complexity index is 535. The van der Waals surface area contributed by atoms with E-state index in [0.29, 0.717) is 5.92 Å². The zero-order chi connectivity index (χ0) is 14.3. The molecule has 0 heterocycles. The first-order valence-corrected chi connectivity index (χ1v) is 6.99. The molecule has 2 rings (SSSR count). The van der Waals surface area contributed by atoms with Crippen molar-refractivity contribution in [2.75, 3.05) is 0 Å². The monoisotopic (exact) mass is 357 g/mol. The summed E-state index contributed by atoms with van der Waals surface area (Å²) in [7, 11) is 0. The van der Waals surface area contributed by atoms with E-state index < -0.39 is 0 Å². The molecular weight excluding hydrogens is 339 g/mol. The van der Waals surface area contributed by atoms with Gasteiger partial charge in [0.15, 0.2) is 0 Å². The summed E-state index contributed by atoms with van der Waals surface area (Å²) in [4.78, 5) is 2.46. The fourth-order valence-corrected chi connectivity index (χ4v) is 2.78. The summed E-state index contributed by atoms with van der Waals surface area (Å²) >= 11 is 1.77. The van der Waals surface area contributed by atoms with E-state index >= 15 is 0 Å². The van der Waals surface area contributed by atoms with Crippen LogP contribution < -0.4 is 0 Å². The molecule has 1 radical (unpaired) electrons. The first kappa shape index (κ1) is 19.4. The summed E-state index contributed by atoms with van der Waals surface area (Å²) in [5.74, 6) is 0.571. The molecule has 0 spiro atoms. The van der Waals surface area contributed by atoms with Gasteiger partial charge in [0.2, 0.25) is 0 Å². The molecule has 101 valence electrons. The molecule has 3 heteroatoms. The molecule has 0 aliphatic heterocycles. The standard InChI is InChI=1S/C16H17S.CHN.Y/c1-12(2)16-10-9-15(11-13(16)3)17-14-7-5-4-6-8-14;1-2;/h4-8,10-12H,1-3H3;1H;/q-1;;. The Kier molecular flexibility index (Phi) is 9.85. The van der Waals surface area contributed by atoms with Crippen LogP contribution in [0.4, 0.5) is 0 Å². The summed E-state index contributed by atoms with van der Waals surface area (Å²) in [6.07, 6.45) is 0. The molecular formula is C17H18NSY-. The number of nitrogens with zero attached hydrogens (tertiary/aromatic N) is 1. The maximum Gasteiger partial charge on any atom is 0.0462 e. The van der Waals surface area contributed by atoms with Crippen LogP contribution in [0.3, 0.4) is 0 Å². The van der Waals surface area contributed by atoms with Crippen molar-refractivity contribution in [1.29, 1.82) is 5.26 Å². The number of rotatable bonds is 3. The van der Waals surface area contributed by atoms with E-state index in [2.05, 4.69) is 69.8 Å². The zero-order valence-electron chi connectivity index (χ0n) is 12.1. The smallest absolute Gasteiger partial charge is 0.0462 e. The van der Waals surface area contributed by atoms with E-state index in [4.69, 9.17) is 5.26 Å². The molecule has 0 amide bonds. The number of aryl methyl sites for hydroxylation is 1. The van der Waals surface area contributed by atoms with Crippen molar-refractivity contribution in [2.24, 2.45) is 0 Å². The maximum absolute atomic E-state index is 6.50. The van der Waals surface area contributed by atoms with Crippen LogP contribution in [0.25, 0.3) is 0 Å². The molecule has 0 aliphatic rings. The molecule has 2 aromatic rings. The fourth-order valence-electron chi connectivity index (χ4n) is 1.88. The second-order valence-electron chi connectivity index (χ2n) is 4.51. The summed E-state index contributed by atoms with van der Waals surface area (Å²) in [6.45, 7) is 10.1. The number of hydrogen-bond donors (Lipinski definition) is 0. The van der Waals surface area contributed by atoms with Crippen LogP contribution in [0, 0.1) is 24.8 Å². The Morgan fingerprint density at radius 2 is 1.75 bits per heavy atom. The SMILES string of the molecule is C#N.Cc1cc(Sc2ccccc2)[c-]cc1C(C)C.[Y]. The molecule has 0 N–H and O–H groups in total. The Balaban J connectivity index is 0.00000115. The van der Waals surface area contributed by atoms with Gasteiger partial charge in [-0.3, -0.25) is 0 Å². The topological polar surface area (TPSA) is 23.8 Å². The van der Waals surface area contributed by atoms with Crippen LogP contribution in [-0.4, -0.2) is 0 Å². The molecule has 0 fully saturated rings. The average Bonchev–Trinajstić information content (AvgIpc) is 2.42. The van der Waals surface area contributed by atoms with Gasteiger partial charge >= 0.3 is 0 Å². The van der Waals surface area contributed by atoms with Gasteiger partial charge in [0, 0.05) is 44.2 Å². The van der Waals surface area contributed by atoms with Crippen molar-refractivity contribution in [2.45, 2.75) is 36.5 Å². The second-order valence-corrected chi connectivity index (χ2v) is 5.62. The van der Waals surface area contributed by atoms with Gasteiger partial charge in [-0.2, -0.15) is 29.3 Å². The third-order valence-electron chi connectivity index (χ3n) is 2.77. The summed E-state index contributed by atoms with van der Waals surface area (Å²) in [6, 6.07) is 18.2. The van der Waals surface area contributed by atoms with E-state index in [-0.39, 0.29) is 32.7 Å². The summed E-state index contributed by atoms with van der Waals surface area (Å²) in [5.41, 5.74) is 2.75. The van der Waals surface area contributed by atoms with Crippen molar-refractivity contribution >= 4 is 11.8 Å². The van der Waals surface area contributed by atoms with Gasteiger partial charge in [0.1, 0.15) is 0 Å². The molecule has 1 nitrogen and oxygen atoms in total. The molecule has 20 heavy (non-hydrogen) atoms. The van der Waals surface area contributed by atoms with E-state index in [0.717, 1.165) is 0 Å². The van der Waals surface area contributed by atoms with E-state index in [1.807, 2.05) is 6.07 Å². The number of benzene rings is 2. The van der Waals surface area contributed by atoms with Crippen LogP contribution >= 0.6 is 11.8 Å². The van der Waals surface area contributed by atoms with Crippen molar-refractivity contribution in [1.82, 2.24) is 0 Å². The quantitative estimate of drug-likeness (QED) is 0.705.